The van der Waals surface area contributed by atoms with Gasteiger partial charge in [-0.25, -0.2) is 4.68 Å². The Morgan fingerprint density at radius 2 is 2.12 bits per heavy atom. The first kappa shape index (κ1) is 16.6. The molecular formula is C18H19ClN4OS. The molecule has 4 rings (SSSR count). The summed E-state index contributed by atoms with van der Waals surface area (Å²) in [5.74, 6) is 0.106. The van der Waals surface area contributed by atoms with Gasteiger partial charge in [0.25, 0.3) is 5.91 Å². The first-order valence-corrected chi connectivity index (χ1v) is 9.58. The summed E-state index contributed by atoms with van der Waals surface area (Å²) in [4.78, 5) is 16.6. The minimum Gasteiger partial charge on any atom is -0.337 e. The third kappa shape index (κ3) is 3.05. The van der Waals surface area contributed by atoms with Crippen LogP contribution in [0.1, 0.15) is 21.8 Å². The molecule has 130 valence electrons. The Kier molecular flexibility index (Phi) is 4.50. The molecule has 0 saturated carbocycles. The van der Waals surface area contributed by atoms with Crippen LogP contribution in [-0.4, -0.2) is 46.8 Å². The summed E-state index contributed by atoms with van der Waals surface area (Å²) < 4.78 is 1.85. The number of rotatable bonds is 2. The number of nitrogens with one attached hydrogen (secondary N) is 1. The number of hydrogen-bond acceptors (Lipinski definition) is 4. The van der Waals surface area contributed by atoms with E-state index in [-0.39, 0.29) is 5.91 Å². The van der Waals surface area contributed by atoms with Gasteiger partial charge in [-0.2, -0.15) is 5.10 Å². The second kappa shape index (κ2) is 6.78. The van der Waals surface area contributed by atoms with Crippen LogP contribution < -0.4 is 5.32 Å². The van der Waals surface area contributed by atoms with Gasteiger partial charge in [-0.05, 0) is 38.1 Å². The van der Waals surface area contributed by atoms with E-state index in [1.165, 1.54) is 11.3 Å². The average Bonchev–Trinajstić information content (AvgIpc) is 3.04. The fraction of sp³-hybridized carbons (Fsp3) is 0.333. The Morgan fingerprint density at radius 1 is 1.28 bits per heavy atom. The number of para-hydroxylation sites is 1. The van der Waals surface area contributed by atoms with Gasteiger partial charge >= 0.3 is 0 Å². The van der Waals surface area contributed by atoms with Gasteiger partial charge in [-0.1, -0.05) is 23.7 Å². The lowest BCUT2D eigenvalue weighted by Crippen LogP contribution is -2.33. The summed E-state index contributed by atoms with van der Waals surface area (Å²) in [5, 5.41) is 9.61. The van der Waals surface area contributed by atoms with Crippen molar-refractivity contribution >= 4 is 39.1 Å². The molecule has 0 radical (unpaired) electrons. The number of aryl methyl sites for hydroxylation is 1. The Labute approximate surface area is 155 Å². The summed E-state index contributed by atoms with van der Waals surface area (Å²) in [6.07, 6.45) is 0.989. The van der Waals surface area contributed by atoms with Gasteiger partial charge in [0, 0.05) is 25.0 Å². The number of amides is 1. The first-order chi connectivity index (χ1) is 12.1. The maximum absolute atomic E-state index is 12.9. The van der Waals surface area contributed by atoms with Gasteiger partial charge in [-0.15, -0.1) is 11.3 Å². The minimum absolute atomic E-state index is 0.106. The van der Waals surface area contributed by atoms with Crippen molar-refractivity contribution in [3.8, 4) is 5.69 Å². The third-order valence-electron chi connectivity index (χ3n) is 4.46. The van der Waals surface area contributed by atoms with E-state index in [4.69, 9.17) is 11.6 Å². The summed E-state index contributed by atoms with van der Waals surface area (Å²) in [7, 11) is 0. The molecule has 1 aliphatic heterocycles. The summed E-state index contributed by atoms with van der Waals surface area (Å²) in [5.41, 5.74) is 1.74. The Bertz CT molecular complexity index is 924. The molecule has 5 nitrogen and oxygen atoms in total. The topological polar surface area (TPSA) is 50.2 Å². The number of halogens is 1. The van der Waals surface area contributed by atoms with Gasteiger partial charge in [0.1, 0.15) is 4.83 Å². The molecule has 2 aromatic heterocycles. The zero-order valence-electron chi connectivity index (χ0n) is 14.0. The van der Waals surface area contributed by atoms with Crippen molar-refractivity contribution in [1.82, 2.24) is 20.0 Å². The van der Waals surface area contributed by atoms with Crippen molar-refractivity contribution in [1.29, 1.82) is 0 Å². The molecule has 0 aliphatic carbocycles. The molecule has 3 heterocycles. The highest BCUT2D eigenvalue weighted by Crippen LogP contribution is 2.33. The fourth-order valence-electron chi connectivity index (χ4n) is 3.14. The van der Waals surface area contributed by atoms with Crippen LogP contribution in [0.2, 0.25) is 5.02 Å². The maximum atomic E-state index is 12.9. The number of thiophene rings is 1. The SMILES string of the molecule is Cc1nn(-c2ccccc2Cl)c2sc(C(=O)N3CCCNCC3)cc12. The predicted molar refractivity (Wildman–Crippen MR) is 102 cm³/mol. The van der Waals surface area contributed by atoms with E-state index in [0.29, 0.717) is 5.02 Å². The molecule has 1 aliphatic rings. The highest BCUT2D eigenvalue weighted by atomic mass is 35.5. The molecule has 0 bridgehead atoms. The van der Waals surface area contributed by atoms with Crippen LogP contribution in [0.5, 0.6) is 0 Å². The number of aromatic nitrogens is 2. The normalized spacial score (nSPS) is 15.5. The number of hydrogen-bond donors (Lipinski definition) is 1. The second-order valence-corrected chi connectivity index (χ2v) is 7.61. The molecule has 0 unspecified atom stereocenters. The molecule has 1 N–H and O–H groups in total. The van der Waals surface area contributed by atoms with Crippen LogP contribution in [0.3, 0.4) is 0 Å². The van der Waals surface area contributed by atoms with Gasteiger partial charge in [-0.3, -0.25) is 4.79 Å². The lowest BCUT2D eigenvalue weighted by atomic mass is 10.3. The molecular weight excluding hydrogens is 356 g/mol. The van der Waals surface area contributed by atoms with E-state index in [0.717, 1.165) is 59.1 Å². The van der Waals surface area contributed by atoms with Crippen LogP contribution in [-0.2, 0) is 0 Å². The summed E-state index contributed by atoms with van der Waals surface area (Å²) >= 11 is 7.83. The standard InChI is InChI=1S/C18H19ClN4OS/c1-12-13-11-16(17(24)22-9-4-7-20-8-10-22)25-18(13)23(21-12)15-6-3-2-5-14(15)19/h2-3,5-6,11,20H,4,7-10H2,1H3. The van der Waals surface area contributed by atoms with Crippen LogP contribution in [0, 0.1) is 6.92 Å². The van der Waals surface area contributed by atoms with Crippen molar-refractivity contribution < 1.29 is 4.79 Å². The van der Waals surface area contributed by atoms with Crippen LogP contribution in [0.15, 0.2) is 30.3 Å². The molecule has 1 amide bonds. The third-order valence-corrected chi connectivity index (χ3v) is 5.88. The molecule has 7 heteroatoms. The highest BCUT2D eigenvalue weighted by Gasteiger charge is 2.22. The van der Waals surface area contributed by atoms with Gasteiger partial charge in [0.2, 0.25) is 0 Å². The largest absolute Gasteiger partial charge is 0.337 e. The molecule has 3 aromatic rings. The van der Waals surface area contributed by atoms with Gasteiger partial charge in [0.15, 0.2) is 0 Å². The van der Waals surface area contributed by atoms with E-state index >= 15 is 0 Å². The number of carbonyl (C=O) groups is 1. The average molecular weight is 375 g/mol. The zero-order valence-corrected chi connectivity index (χ0v) is 15.5. The summed E-state index contributed by atoms with van der Waals surface area (Å²) in [6, 6.07) is 9.60. The Balaban J connectivity index is 1.74. The van der Waals surface area contributed by atoms with Gasteiger partial charge in [0.05, 0.1) is 21.3 Å². The molecule has 25 heavy (non-hydrogen) atoms. The van der Waals surface area contributed by atoms with Crippen LogP contribution in [0.4, 0.5) is 0 Å². The minimum atomic E-state index is 0.106. The van der Waals surface area contributed by atoms with Crippen molar-refractivity contribution in [2.24, 2.45) is 0 Å². The van der Waals surface area contributed by atoms with Crippen molar-refractivity contribution in [2.45, 2.75) is 13.3 Å². The molecule has 0 spiro atoms. The molecule has 1 saturated heterocycles. The molecule has 0 atom stereocenters. The summed E-state index contributed by atoms with van der Waals surface area (Å²) in [6.45, 7) is 5.34. The smallest absolute Gasteiger partial charge is 0.264 e. The van der Waals surface area contributed by atoms with Crippen molar-refractivity contribution in [3.05, 3.63) is 45.9 Å². The number of carbonyl (C=O) groups excluding carboxylic acids is 1. The van der Waals surface area contributed by atoms with E-state index in [9.17, 15) is 4.79 Å². The Morgan fingerprint density at radius 3 is 2.96 bits per heavy atom. The monoisotopic (exact) mass is 374 g/mol. The number of benzene rings is 1. The first-order valence-electron chi connectivity index (χ1n) is 8.39. The number of nitrogens with zero attached hydrogens (tertiary/aromatic N) is 3. The Hall–Kier alpha value is -1.89. The van der Waals surface area contributed by atoms with E-state index < -0.39 is 0 Å². The highest BCUT2D eigenvalue weighted by molar-refractivity contribution is 7.20. The molecule has 1 aromatic carbocycles. The quantitative estimate of drug-likeness (QED) is 0.747. The van der Waals surface area contributed by atoms with Crippen molar-refractivity contribution in [2.75, 3.05) is 26.2 Å². The van der Waals surface area contributed by atoms with Crippen LogP contribution >= 0.6 is 22.9 Å². The van der Waals surface area contributed by atoms with Gasteiger partial charge < -0.3 is 10.2 Å². The predicted octanol–water partition coefficient (Wildman–Crippen LogP) is 3.48. The van der Waals surface area contributed by atoms with Crippen LogP contribution in [0.25, 0.3) is 15.9 Å². The van der Waals surface area contributed by atoms with E-state index in [1.54, 1.807) is 0 Å². The lowest BCUT2D eigenvalue weighted by Gasteiger charge is -2.18. The van der Waals surface area contributed by atoms with Crippen molar-refractivity contribution in [3.63, 3.8) is 0 Å². The van der Waals surface area contributed by atoms with E-state index in [1.807, 2.05) is 46.8 Å². The van der Waals surface area contributed by atoms with E-state index in [2.05, 4.69) is 10.4 Å². The lowest BCUT2D eigenvalue weighted by molar-refractivity contribution is 0.0771. The zero-order chi connectivity index (χ0) is 17.4. The fourth-order valence-corrected chi connectivity index (χ4v) is 4.50. The number of fused-ring (bicyclic) bond motifs is 1. The second-order valence-electron chi connectivity index (χ2n) is 6.17. The molecule has 1 fully saturated rings. The maximum Gasteiger partial charge on any atom is 0.264 e.